The van der Waals surface area contributed by atoms with Crippen LogP contribution in [0.3, 0.4) is 0 Å². The van der Waals surface area contributed by atoms with Gasteiger partial charge in [0.1, 0.15) is 11.9 Å². The van der Waals surface area contributed by atoms with Crippen molar-refractivity contribution in [3.63, 3.8) is 0 Å². The Bertz CT molecular complexity index is 867. The number of rotatable bonds is 3. The fourth-order valence-corrected chi connectivity index (χ4v) is 3.00. The molecule has 1 heterocycles. The molecule has 3 N–H and O–H groups in total. The zero-order valence-electron chi connectivity index (χ0n) is 12.2. The van der Waals surface area contributed by atoms with Gasteiger partial charge in [0, 0.05) is 5.69 Å². The second kappa shape index (κ2) is 5.56. The number of carbonyl (C=O) groups excluding carboxylic acids is 1. The Hall–Kier alpha value is -2.58. The molecule has 0 saturated carbocycles. The normalized spacial score (nSPS) is 17.5. The number of nitrogens with zero attached hydrogens (tertiary/aromatic N) is 1. The van der Waals surface area contributed by atoms with E-state index in [0.717, 1.165) is 11.3 Å². The summed E-state index contributed by atoms with van der Waals surface area (Å²) in [4.78, 5) is 14.9. The summed E-state index contributed by atoms with van der Waals surface area (Å²) in [7, 11) is -3.66. The van der Waals surface area contributed by atoms with Crippen molar-refractivity contribution in [2.75, 3.05) is 11.6 Å². The van der Waals surface area contributed by atoms with Crippen LogP contribution in [-0.4, -0.2) is 30.7 Å². The smallest absolute Gasteiger partial charge is 0.273 e. The second-order valence-corrected chi connectivity index (χ2v) is 6.95. The highest BCUT2D eigenvalue weighted by Crippen LogP contribution is 2.32. The zero-order valence-corrected chi connectivity index (χ0v) is 13.0. The van der Waals surface area contributed by atoms with Gasteiger partial charge >= 0.3 is 0 Å². The molecule has 8 heteroatoms. The number of carbonyl (C=O) groups is 1. The van der Waals surface area contributed by atoms with Crippen molar-refractivity contribution < 1.29 is 18.3 Å². The monoisotopic (exact) mass is 333 g/mol. The molecule has 2 aromatic carbocycles. The van der Waals surface area contributed by atoms with Crippen molar-refractivity contribution in [3.05, 3.63) is 59.7 Å². The summed E-state index contributed by atoms with van der Waals surface area (Å²) >= 11 is 0. The molecule has 0 saturated heterocycles. The van der Waals surface area contributed by atoms with Gasteiger partial charge in [-0.05, 0) is 29.8 Å². The molecule has 2 aromatic rings. The third-order valence-corrected chi connectivity index (χ3v) is 3.91. The Labute approximate surface area is 133 Å². The predicted octanol–water partition coefficient (Wildman–Crippen LogP) is 1.42. The average molecular weight is 333 g/mol. The maximum Gasteiger partial charge on any atom is 0.273 e. The Balaban J connectivity index is 2.09. The number of nitrogens with one attached hydrogen (secondary N) is 2. The molecular weight excluding hydrogens is 318 g/mol. The number of hydrogen-bond acceptors (Lipinski definition) is 5. The second-order valence-electron chi connectivity index (χ2n) is 5.23. The molecule has 0 bridgehead atoms. The topological polar surface area (TPSA) is 98.7 Å². The highest BCUT2D eigenvalue weighted by molar-refractivity contribution is 7.88. The zero-order chi connectivity index (χ0) is 16.6. The van der Waals surface area contributed by atoms with E-state index in [4.69, 9.17) is 0 Å². The molecule has 1 aliphatic heterocycles. The maximum absolute atomic E-state index is 12.7. The van der Waals surface area contributed by atoms with Crippen LogP contribution in [0.5, 0.6) is 5.75 Å². The fraction of sp³-hybridized carbons (Fsp3) is 0.133. The largest absolute Gasteiger partial charge is 0.508 e. The first-order valence-electron chi connectivity index (χ1n) is 6.80. The quantitative estimate of drug-likeness (QED) is 0.789. The number of hydrogen-bond donors (Lipinski definition) is 3. The van der Waals surface area contributed by atoms with E-state index in [2.05, 4.69) is 10.1 Å². The lowest BCUT2D eigenvalue weighted by molar-refractivity contribution is 0.0633. The van der Waals surface area contributed by atoms with Crippen molar-refractivity contribution in [1.82, 2.24) is 9.84 Å². The minimum absolute atomic E-state index is 0.0231. The van der Waals surface area contributed by atoms with E-state index in [-0.39, 0.29) is 5.75 Å². The number of aromatic hydroxyl groups is 1. The van der Waals surface area contributed by atoms with Gasteiger partial charge in [-0.25, -0.2) is 13.4 Å². The SMILES string of the molecule is CS(=O)(=O)NN1C(=O)c2ccccc2N[C@@H]1c1cccc(O)c1. The Kier molecular flexibility index (Phi) is 3.70. The lowest BCUT2D eigenvalue weighted by atomic mass is 10.0. The van der Waals surface area contributed by atoms with E-state index in [1.807, 2.05) is 0 Å². The molecule has 1 aliphatic rings. The number of anilines is 1. The van der Waals surface area contributed by atoms with Gasteiger partial charge < -0.3 is 10.4 Å². The van der Waals surface area contributed by atoms with E-state index < -0.39 is 22.1 Å². The number of fused-ring (bicyclic) bond motifs is 1. The van der Waals surface area contributed by atoms with Gasteiger partial charge in [-0.2, -0.15) is 0 Å². The first-order valence-corrected chi connectivity index (χ1v) is 8.70. The van der Waals surface area contributed by atoms with E-state index in [0.29, 0.717) is 16.8 Å². The summed E-state index contributed by atoms with van der Waals surface area (Å²) in [6.45, 7) is 0. The van der Waals surface area contributed by atoms with Crippen LogP contribution in [0.2, 0.25) is 0 Å². The molecule has 23 heavy (non-hydrogen) atoms. The average Bonchev–Trinajstić information content (AvgIpc) is 2.49. The molecule has 0 spiro atoms. The van der Waals surface area contributed by atoms with Crippen LogP contribution >= 0.6 is 0 Å². The van der Waals surface area contributed by atoms with Gasteiger partial charge in [-0.15, -0.1) is 4.83 Å². The Morgan fingerprint density at radius 2 is 1.91 bits per heavy atom. The fourth-order valence-electron chi connectivity index (χ4n) is 2.45. The van der Waals surface area contributed by atoms with Crippen molar-refractivity contribution in [2.45, 2.75) is 6.17 Å². The molecule has 0 unspecified atom stereocenters. The number of benzene rings is 2. The van der Waals surface area contributed by atoms with Crippen molar-refractivity contribution in [2.24, 2.45) is 0 Å². The minimum Gasteiger partial charge on any atom is -0.508 e. The summed E-state index contributed by atoms with van der Waals surface area (Å²) in [6.07, 6.45) is 0.194. The molecule has 3 rings (SSSR count). The number of para-hydroxylation sites is 1. The molecular formula is C15H15N3O4S. The van der Waals surface area contributed by atoms with Crippen LogP contribution in [0.4, 0.5) is 5.69 Å². The van der Waals surface area contributed by atoms with Crippen LogP contribution in [0.1, 0.15) is 22.1 Å². The van der Waals surface area contributed by atoms with Gasteiger partial charge in [-0.1, -0.05) is 24.3 Å². The predicted molar refractivity (Wildman–Crippen MR) is 85.1 cm³/mol. The summed E-state index contributed by atoms with van der Waals surface area (Å²) in [5.74, 6) is -0.451. The van der Waals surface area contributed by atoms with Crippen LogP contribution in [0, 0.1) is 0 Å². The van der Waals surface area contributed by atoms with Gasteiger partial charge in [0.25, 0.3) is 5.91 Å². The summed E-state index contributed by atoms with van der Waals surface area (Å²) in [6, 6.07) is 13.1. The molecule has 120 valence electrons. The van der Waals surface area contributed by atoms with Crippen molar-refractivity contribution >= 4 is 21.6 Å². The van der Waals surface area contributed by atoms with Crippen LogP contribution in [-0.2, 0) is 10.0 Å². The van der Waals surface area contributed by atoms with Gasteiger partial charge in [-0.3, -0.25) is 4.79 Å². The van der Waals surface area contributed by atoms with Crippen molar-refractivity contribution in [1.29, 1.82) is 0 Å². The van der Waals surface area contributed by atoms with Crippen LogP contribution in [0.25, 0.3) is 0 Å². The number of phenolic OH excluding ortho intramolecular Hbond substituents is 1. The molecule has 7 nitrogen and oxygen atoms in total. The van der Waals surface area contributed by atoms with E-state index >= 15 is 0 Å². The third kappa shape index (κ3) is 3.13. The summed E-state index contributed by atoms with van der Waals surface area (Å²) in [5.41, 5.74) is 1.50. The van der Waals surface area contributed by atoms with E-state index in [9.17, 15) is 18.3 Å². The third-order valence-electron chi connectivity index (χ3n) is 3.38. The number of hydrazine groups is 1. The maximum atomic E-state index is 12.7. The first kappa shape index (κ1) is 15.3. The Morgan fingerprint density at radius 3 is 2.61 bits per heavy atom. The molecule has 1 amide bonds. The summed E-state index contributed by atoms with van der Waals surface area (Å²) < 4.78 is 23.2. The number of amides is 1. The molecule has 0 aromatic heterocycles. The lowest BCUT2D eigenvalue weighted by Crippen LogP contribution is -2.52. The van der Waals surface area contributed by atoms with E-state index in [1.54, 1.807) is 36.4 Å². The minimum atomic E-state index is -3.66. The molecule has 0 aliphatic carbocycles. The van der Waals surface area contributed by atoms with Gasteiger partial charge in [0.05, 0.1) is 11.8 Å². The molecule has 1 atom stereocenters. The molecule has 0 radical (unpaired) electrons. The number of sulfonamides is 1. The van der Waals surface area contributed by atoms with Gasteiger partial charge in [0.2, 0.25) is 10.0 Å². The molecule has 0 fully saturated rings. The van der Waals surface area contributed by atoms with Crippen LogP contribution in [0.15, 0.2) is 48.5 Å². The highest BCUT2D eigenvalue weighted by Gasteiger charge is 2.34. The Morgan fingerprint density at radius 1 is 1.17 bits per heavy atom. The number of phenols is 1. The van der Waals surface area contributed by atoms with Gasteiger partial charge in [0.15, 0.2) is 0 Å². The van der Waals surface area contributed by atoms with Crippen molar-refractivity contribution in [3.8, 4) is 5.75 Å². The standard InChI is InChI=1S/C15H15N3O4S/c1-23(21,22)17-18-14(10-5-4-6-11(19)9-10)16-13-8-3-2-7-12(13)15(18)20/h2-9,14,16-17,19H,1H3/t14-/m0/s1. The first-order chi connectivity index (χ1) is 10.8. The highest BCUT2D eigenvalue weighted by atomic mass is 32.2. The lowest BCUT2D eigenvalue weighted by Gasteiger charge is -2.37. The van der Waals surface area contributed by atoms with E-state index in [1.165, 1.54) is 12.1 Å². The summed E-state index contributed by atoms with van der Waals surface area (Å²) in [5, 5.41) is 13.8. The van der Waals surface area contributed by atoms with Crippen LogP contribution < -0.4 is 10.1 Å².